The van der Waals surface area contributed by atoms with Gasteiger partial charge in [0.25, 0.3) is 5.91 Å². The first-order valence-electron chi connectivity index (χ1n) is 8.53. The van der Waals surface area contributed by atoms with E-state index in [1.54, 1.807) is 24.3 Å². The third kappa shape index (κ3) is 4.83. The van der Waals surface area contributed by atoms with Gasteiger partial charge in [0.2, 0.25) is 5.91 Å². The van der Waals surface area contributed by atoms with Crippen molar-refractivity contribution in [3.05, 3.63) is 69.7 Å². The Kier molecular flexibility index (Phi) is 5.71. The lowest BCUT2D eigenvalue weighted by Crippen LogP contribution is -2.35. The molecule has 2 N–H and O–H groups in total. The van der Waals surface area contributed by atoms with E-state index in [0.717, 1.165) is 18.4 Å². The fourth-order valence-corrected chi connectivity index (χ4v) is 3.19. The standard InChI is InChI=1S/C20H21ClN2O2/c21-18-8-6-16(7-9-18)20(25)23-11-10-22-19(24)13-14-4-5-15-2-1-3-17(15)12-14/h4-9,12H,1-3,10-11,13H2,(H,22,24)(H,23,25). The van der Waals surface area contributed by atoms with Crippen LogP contribution < -0.4 is 10.6 Å². The molecule has 2 aromatic rings. The summed E-state index contributed by atoms with van der Waals surface area (Å²) in [7, 11) is 0. The van der Waals surface area contributed by atoms with E-state index >= 15 is 0 Å². The van der Waals surface area contributed by atoms with Crippen molar-refractivity contribution in [1.82, 2.24) is 10.6 Å². The molecule has 0 aliphatic heterocycles. The predicted octanol–water partition coefficient (Wildman–Crippen LogP) is 2.92. The number of aryl methyl sites for hydroxylation is 2. The molecule has 4 nitrogen and oxygen atoms in total. The maximum absolute atomic E-state index is 12.0. The van der Waals surface area contributed by atoms with Crippen molar-refractivity contribution in [2.75, 3.05) is 13.1 Å². The Morgan fingerprint density at radius 1 is 0.920 bits per heavy atom. The summed E-state index contributed by atoms with van der Waals surface area (Å²) >= 11 is 5.80. The molecule has 0 saturated heterocycles. The third-order valence-electron chi connectivity index (χ3n) is 4.37. The Morgan fingerprint density at radius 2 is 1.64 bits per heavy atom. The molecule has 2 aromatic carbocycles. The Hall–Kier alpha value is -2.33. The van der Waals surface area contributed by atoms with Crippen molar-refractivity contribution in [2.45, 2.75) is 25.7 Å². The summed E-state index contributed by atoms with van der Waals surface area (Å²) in [4.78, 5) is 24.0. The molecule has 0 radical (unpaired) electrons. The van der Waals surface area contributed by atoms with Crippen LogP contribution in [-0.4, -0.2) is 24.9 Å². The average Bonchev–Trinajstić information content (AvgIpc) is 3.07. The molecule has 0 bridgehead atoms. The number of amides is 2. The van der Waals surface area contributed by atoms with Gasteiger partial charge < -0.3 is 10.6 Å². The van der Waals surface area contributed by atoms with Gasteiger partial charge in [-0.2, -0.15) is 0 Å². The normalized spacial score (nSPS) is 12.5. The molecule has 0 fully saturated rings. The van der Waals surface area contributed by atoms with E-state index in [9.17, 15) is 9.59 Å². The molecule has 3 rings (SSSR count). The second-order valence-corrected chi connectivity index (χ2v) is 6.68. The van der Waals surface area contributed by atoms with Gasteiger partial charge in [-0.15, -0.1) is 0 Å². The van der Waals surface area contributed by atoms with Gasteiger partial charge in [-0.3, -0.25) is 9.59 Å². The number of halogens is 1. The lowest BCUT2D eigenvalue weighted by molar-refractivity contribution is -0.120. The number of benzene rings is 2. The minimum Gasteiger partial charge on any atom is -0.354 e. The summed E-state index contributed by atoms with van der Waals surface area (Å²) in [6, 6.07) is 13.0. The highest BCUT2D eigenvalue weighted by molar-refractivity contribution is 6.30. The molecule has 0 aromatic heterocycles. The largest absolute Gasteiger partial charge is 0.354 e. The third-order valence-corrected chi connectivity index (χ3v) is 4.62. The van der Waals surface area contributed by atoms with Crippen LogP contribution >= 0.6 is 11.6 Å². The zero-order chi connectivity index (χ0) is 17.6. The Bertz CT molecular complexity index is 772. The van der Waals surface area contributed by atoms with Crippen LogP contribution in [0.4, 0.5) is 0 Å². The zero-order valence-corrected chi connectivity index (χ0v) is 14.7. The topological polar surface area (TPSA) is 58.2 Å². The summed E-state index contributed by atoms with van der Waals surface area (Å²) in [6.45, 7) is 0.792. The number of hydrogen-bond donors (Lipinski definition) is 2. The molecule has 2 amide bonds. The maximum Gasteiger partial charge on any atom is 0.251 e. The summed E-state index contributed by atoms with van der Waals surface area (Å²) in [5.74, 6) is -0.205. The van der Waals surface area contributed by atoms with Gasteiger partial charge in [0, 0.05) is 23.7 Å². The lowest BCUT2D eigenvalue weighted by Gasteiger charge is -2.08. The average molecular weight is 357 g/mol. The second kappa shape index (κ2) is 8.17. The molecule has 0 spiro atoms. The minimum absolute atomic E-state index is 0.0290. The monoisotopic (exact) mass is 356 g/mol. The Balaban J connectivity index is 1.39. The van der Waals surface area contributed by atoms with E-state index in [2.05, 4.69) is 22.8 Å². The van der Waals surface area contributed by atoms with Gasteiger partial charge in [0.15, 0.2) is 0 Å². The summed E-state index contributed by atoms with van der Waals surface area (Å²) in [5, 5.41) is 6.21. The van der Waals surface area contributed by atoms with Gasteiger partial charge in [0.05, 0.1) is 6.42 Å². The maximum atomic E-state index is 12.0. The fraction of sp³-hybridized carbons (Fsp3) is 0.300. The molecule has 0 heterocycles. The molecule has 0 atom stereocenters. The number of fused-ring (bicyclic) bond motifs is 1. The van der Waals surface area contributed by atoms with Crippen LogP contribution in [0.2, 0.25) is 5.02 Å². The summed E-state index contributed by atoms with van der Waals surface area (Å²) in [5.41, 5.74) is 4.38. The van der Waals surface area contributed by atoms with E-state index in [0.29, 0.717) is 30.1 Å². The predicted molar refractivity (Wildman–Crippen MR) is 99.0 cm³/mol. The number of hydrogen-bond acceptors (Lipinski definition) is 2. The molecule has 130 valence electrons. The van der Waals surface area contributed by atoms with Crippen LogP contribution in [0.3, 0.4) is 0 Å². The summed E-state index contributed by atoms with van der Waals surface area (Å²) < 4.78 is 0. The SMILES string of the molecule is O=C(Cc1ccc2c(c1)CCC2)NCCNC(=O)c1ccc(Cl)cc1. The van der Waals surface area contributed by atoms with E-state index < -0.39 is 0 Å². The Morgan fingerprint density at radius 3 is 2.44 bits per heavy atom. The molecular weight excluding hydrogens is 336 g/mol. The van der Waals surface area contributed by atoms with Gasteiger partial charge in [-0.25, -0.2) is 0 Å². The van der Waals surface area contributed by atoms with E-state index in [1.165, 1.54) is 17.5 Å². The molecule has 1 aliphatic rings. The first-order valence-corrected chi connectivity index (χ1v) is 8.91. The highest BCUT2D eigenvalue weighted by atomic mass is 35.5. The van der Waals surface area contributed by atoms with Crippen molar-refractivity contribution < 1.29 is 9.59 Å². The number of carbonyl (C=O) groups excluding carboxylic acids is 2. The van der Waals surface area contributed by atoms with Crippen molar-refractivity contribution in [3.8, 4) is 0 Å². The smallest absolute Gasteiger partial charge is 0.251 e. The molecule has 0 saturated carbocycles. The van der Waals surface area contributed by atoms with Crippen LogP contribution in [-0.2, 0) is 24.1 Å². The van der Waals surface area contributed by atoms with Crippen LogP contribution in [0.25, 0.3) is 0 Å². The van der Waals surface area contributed by atoms with E-state index in [4.69, 9.17) is 11.6 Å². The molecular formula is C20H21ClN2O2. The fourth-order valence-electron chi connectivity index (χ4n) is 3.06. The van der Waals surface area contributed by atoms with Crippen molar-refractivity contribution in [2.24, 2.45) is 0 Å². The zero-order valence-electron chi connectivity index (χ0n) is 14.0. The summed E-state index contributed by atoms with van der Waals surface area (Å²) in [6.07, 6.45) is 3.84. The number of nitrogens with one attached hydrogen (secondary N) is 2. The molecule has 25 heavy (non-hydrogen) atoms. The van der Waals surface area contributed by atoms with Gasteiger partial charge >= 0.3 is 0 Å². The first kappa shape index (κ1) is 17.5. The quantitative estimate of drug-likeness (QED) is 0.782. The van der Waals surface area contributed by atoms with Gasteiger partial charge in [-0.05, 0) is 60.2 Å². The molecule has 1 aliphatic carbocycles. The molecule has 0 unspecified atom stereocenters. The van der Waals surface area contributed by atoms with Crippen LogP contribution in [0.5, 0.6) is 0 Å². The van der Waals surface area contributed by atoms with Crippen molar-refractivity contribution >= 4 is 23.4 Å². The second-order valence-electron chi connectivity index (χ2n) is 6.25. The van der Waals surface area contributed by atoms with Crippen molar-refractivity contribution in [3.63, 3.8) is 0 Å². The Labute approximate surface area is 152 Å². The lowest BCUT2D eigenvalue weighted by atomic mass is 10.0. The first-order chi connectivity index (χ1) is 12.1. The van der Waals surface area contributed by atoms with E-state index in [-0.39, 0.29) is 11.8 Å². The highest BCUT2D eigenvalue weighted by Crippen LogP contribution is 2.22. The van der Waals surface area contributed by atoms with Crippen LogP contribution in [0, 0.1) is 0 Å². The van der Waals surface area contributed by atoms with Crippen LogP contribution in [0.15, 0.2) is 42.5 Å². The van der Waals surface area contributed by atoms with Crippen LogP contribution in [0.1, 0.15) is 33.5 Å². The highest BCUT2D eigenvalue weighted by Gasteiger charge is 2.12. The van der Waals surface area contributed by atoms with E-state index in [1.807, 2.05) is 6.07 Å². The number of carbonyl (C=O) groups is 2. The molecule has 5 heteroatoms. The van der Waals surface area contributed by atoms with Gasteiger partial charge in [0.1, 0.15) is 0 Å². The number of rotatable bonds is 6. The van der Waals surface area contributed by atoms with Crippen molar-refractivity contribution in [1.29, 1.82) is 0 Å². The van der Waals surface area contributed by atoms with Gasteiger partial charge in [-0.1, -0.05) is 29.8 Å². The minimum atomic E-state index is -0.176.